The molecule has 4 heteroatoms. The van der Waals surface area contributed by atoms with Gasteiger partial charge in [-0.3, -0.25) is 4.79 Å². The van der Waals surface area contributed by atoms with Gasteiger partial charge in [-0.2, -0.15) is 0 Å². The molecular formula is C12H16N2OS. The van der Waals surface area contributed by atoms with Crippen molar-refractivity contribution < 1.29 is 4.79 Å². The summed E-state index contributed by atoms with van der Waals surface area (Å²) in [6.45, 7) is 3.62. The van der Waals surface area contributed by atoms with Gasteiger partial charge in [0.05, 0.1) is 0 Å². The number of piperazine rings is 1. The molecule has 1 amide bonds. The van der Waals surface area contributed by atoms with Crippen LogP contribution in [-0.2, 0) is 4.79 Å². The van der Waals surface area contributed by atoms with Crippen LogP contribution in [0, 0.1) is 0 Å². The van der Waals surface area contributed by atoms with Crippen molar-refractivity contribution in [3.63, 3.8) is 0 Å². The van der Waals surface area contributed by atoms with Crippen LogP contribution >= 0.6 is 11.3 Å². The standard InChI is InChI=1S/C12H16N2OS/c1-13-6-8-14(9-7-13)12(15)5-4-11-3-2-10-16-11/h2-5,10H,6-9H2,1H3/b5-4+. The van der Waals surface area contributed by atoms with Crippen LogP contribution in [0.5, 0.6) is 0 Å². The fraction of sp³-hybridized carbons (Fsp3) is 0.417. The number of carbonyl (C=O) groups excluding carboxylic acids is 1. The molecule has 1 aromatic heterocycles. The van der Waals surface area contributed by atoms with E-state index < -0.39 is 0 Å². The lowest BCUT2D eigenvalue weighted by Gasteiger charge is -2.31. The van der Waals surface area contributed by atoms with E-state index in [0.717, 1.165) is 31.1 Å². The number of hydrogen-bond donors (Lipinski definition) is 0. The average Bonchev–Trinajstić information content (AvgIpc) is 2.80. The van der Waals surface area contributed by atoms with E-state index in [2.05, 4.69) is 11.9 Å². The molecule has 0 N–H and O–H groups in total. The van der Waals surface area contributed by atoms with Gasteiger partial charge >= 0.3 is 0 Å². The molecular weight excluding hydrogens is 220 g/mol. The Labute approximate surface area is 100.0 Å². The van der Waals surface area contributed by atoms with Crippen LogP contribution in [0.3, 0.4) is 0 Å². The Balaban J connectivity index is 1.88. The van der Waals surface area contributed by atoms with Gasteiger partial charge in [0.15, 0.2) is 0 Å². The lowest BCUT2D eigenvalue weighted by Crippen LogP contribution is -2.46. The van der Waals surface area contributed by atoms with Crippen molar-refractivity contribution in [2.45, 2.75) is 0 Å². The van der Waals surface area contributed by atoms with Gasteiger partial charge < -0.3 is 9.80 Å². The maximum absolute atomic E-state index is 11.8. The van der Waals surface area contributed by atoms with Crippen LogP contribution in [-0.4, -0.2) is 48.9 Å². The summed E-state index contributed by atoms with van der Waals surface area (Å²) in [6, 6.07) is 4.00. The van der Waals surface area contributed by atoms with Gasteiger partial charge in [-0.25, -0.2) is 0 Å². The number of hydrogen-bond acceptors (Lipinski definition) is 3. The average molecular weight is 236 g/mol. The number of carbonyl (C=O) groups is 1. The molecule has 0 bridgehead atoms. The maximum atomic E-state index is 11.8. The van der Waals surface area contributed by atoms with Crippen molar-refractivity contribution in [3.8, 4) is 0 Å². The van der Waals surface area contributed by atoms with E-state index in [-0.39, 0.29) is 5.91 Å². The predicted octanol–water partition coefficient (Wildman–Crippen LogP) is 1.54. The minimum Gasteiger partial charge on any atom is -0.337 e. The van der Waals surface area contributed by atoms with Gasteiger partial charge in [0.1, 0.15) is 0 Å². The summed E-state index contributed by atoms with van der Waals surface area (Å²) in [7, 11) is 2.09. The zero-order chi connectivity index (χ0) is 11.4. The molecule has 3 nitrogen and oxygen atoms in total. The molecule has 86 valence electrons. The highest BCUT2D eigenvalue weighted by molar-refractivity contribution is 7.10. The van der Waals surface area contributed by atoms with Gasteiger partial charge in [0.25, 0.3) is 0 Å². The second kappa shape index (κ2) is 5.27. The largest absolute Gasteiger partial charge is 0.337 e. The van der Waals surface area contributed by atoms with Crippen molar-refractivity contribution in [2.24, 2.45) is 0 Å². The van der Waals surface area contributed by atoms with Crippen LogP contribution in [0.25, 0.3) is 6.08 Å². The van der Waals surface area contributed by atoms with E-state index in [0.29, 0.717) is 0 Å². The first-order valence-corrected chi connectivity index (χ1v) is 6.33. The van der Waals surface area contributed by atoms with Gasteiger partial charge in [-0.1, -0.05) is 6.07 Å². The van der Waals surface area contributed by atoms with E-state index in [1.807, 2.05) is 28.5 Å². The second-order valence-electron chi connectivity index (χ2n) is 3.98. The number of likely N-dealkylation sites (N-methyl/N-ethyl adjacent to an activating group) is 1. The lowest BCUT2D eigenvalue weighted by atomic mass is 10.3. The third kappa shape index (κ3) is 2.93. The Bertz CT molecular complexity index is 364. The molecule has 1 aromatic rings. The summed E-state index contributed by atoms with van der Waals surface area (Å²) >= 11 is 1.65. The Hall–Kier alpha value is -1.13. The molecule has 2 heterocycles. The fourth-order valence-corrected chi connectivity index (χ4v) is 2.29. The topological polar surface area (TPSA) is 23.6 Å². The molecule has 0 unspecified atom stereocenters. The normalized spacial score (nSPS) is 18.2. The molecule has 1 saturated heterocycles. The minimum atomic E-state index is 0.126. The van der Waals surface area contributed by atoms with Gasteiger partial charge in [-0.15, -0.1) is 11.3 Å². The van der Waals surface area contributed by atoms with Crippen molar-refractivity contribution in [2.75, 3.05) is 33.2 Å². The van der Waals surface area contributed by atoms with Gasteiger partial charge in [0.2, 0.25) is 5.91 Å². The summed E-state index contributed by atoms with van der Waals surface area (Å²) in [5, 5.41) is 2.01. The molecule has 2 rings (SSSR count). The highest BCUT2D eigenvalue weighted by atomic mass is 32.1. The molecule has 0 aromatic carbocycles. The minimum absolute atomic E-state index is 0.126. The molecule has 1 aliphatic heterocycles. The monoisotopic (exact) mass is 236 g/mol. The number of thiophene rings is 1. The van der Waals surface area contributed by atoms with Crippen molar-refractivity contribution in [1.82, 2.24) is 9.80 Å². The van der Waals surface area contributed by atoms with Crippen molar-refractivity contribution >= 4 is 23.3 Å². The molecule has 16 heavy (non-hydrogen) atoms. The number of nitrogens with zero attached hydrogens (tertiary/aromatic N) is 2. The highest BCUT2D eigenvalue weighted by Crippen LogP contribution is 2.10. The van der Waals surface area contributed by atoms with Crippen LogP contribution in [0.15, 0.2) is 23.6 Å². The lowest BCUT2D eigenvalue weighted by molar-refractivity contribution is -0.127. The third-order valence-corrected chi connectivity index (χ3v) is 3.59. The molecule has 0 radical (unpaired) electrons. The first-order valence-electron chi connectivity index (χ1n) is 5.45. The van der Waals surface area contributed by atoms with E-state index in [1.54, 1.807) is 17.4 Å². The van der Waals surface area contributed by atoms with Crippen molar-refractivity contribution in [1.29, 1.82) is 0 Å². The van der Waals surface area contributed by atoms with Crippen LogP contribution in [0.4, 0.5) is 0 Å². The van der Waals surface area contributed by atoms with E-state index in [9.17, 15) is 4.79 Å². The van der Waals surface area contributed by atoms with Crippen molar-refractivity contribution in [3.05, 3.63) is 28.5 Å². The van der Waals surface area contributed by atoms with E-state index >= 15 is 0 Å². The zero-order valence-electron chi connectivity index (χ0n) is 9.43. The number of amides is 1. The van der Waals surface area contributed by atoms with Gasteiger partial charge in [-0.05, 0) is 24.6 Å². The Morgan fingerprint density at radius 2 is 2.12 bits per heavy atom. The first kappa shape index (κ1) is 11.4. The summed E-state index contributed by atoms with van der Waals surface area (Å²) in [5.41, 5.74) is 0. The summed E-state index contributed by atoms with van der Waals surface area (Å²) in [5.74, 6) is 0.126. The van der Waals surface area contributed by atoms with Crippen LogP contribution in [0.1, 0.15) is 4.88 Å². The molecule has 1 aliphatic rings. The molecule has 0 saturated carbocycles. The fourth-order valence-electron chi connectivity index (χ4n) is 1.67. The Morgan fingerprint density at radius 1 is 1.38 bits per heavy atom. The molecule has 0 spiro atoms. The quantitative estimate of drug-likeness (QED) is 0.727. The zero-order valence-corrected chi connectivity index (χ0v) is 10.2. The predicted molar refractivity (Wildman–Crippen MR) is 67.4 cm³/mol. The van der Waals surface area contributed by atoms with Crippen LogP contribution in [0.2, 0.25) is 0 Å². The summed E-state index contributed by atoms with van der Waals surface area (Å²) in [6.07, 6.45) is 3.57. The van der Waals surface area contributed by atoms with Crippen LogP contribution < -0.4 is 0 Å². The summed E-state index contributed by atoms with van der Waals surface area (Å²) < 4.78 is 0. The maximum Gasteiger partial charge on any atom is 0.246 e. The number of rotatable bonds is 2. The smallest absolute Gasteiger partial charge is 0.246 e. The highest BCUT2D eigenvalue weighted by Gasteiger charge is 2.16. The second-order valence-corrected chi connectivity index (χ2v) is 4.96. The van der Waals surface area contributed by atoms with E-state index in [1.165, 1.54) is 0 Å². The van der Waals surface area contributed by atoms with E-state index in [4.69, 9.17) is 0 Å². The SMILES string of the molecule is CN1CCN(C(=O)/C=C/c2cccs2)CC1. The third-order valence-electron chi connectivity index (χ3n) is 2.75. The Morgan fingerprint density at radius 3 is 2.75 bits per heavy atom. The molecule has 0 atom stereocenters. The molecule has 0 aliphatic carbocycles. The van der Waals surface area contributed by atoms with Gasteiger partial charge in [0, 0.05) is 37.1 Å². The summed E-state index contributed by atoms with van der Waals surface area (Å²) in [4.78, 5) is 17.1. The Kier molecular flexibility index (Phi) is 3.74. The first-order chi connectivity index (χ1) is 7.75. The molecule has 1 fully saturated rings.